The number of ether oxygens (including phenoxy) is 2. The maximum absolute atomic E-state index is 13.4. The fourth-order valence-electron chi connectivity index (χ4n) is 1.82. The fourth-order valence-corrected chi connectivity index (χ4v) is 1.82. The lowest BCUT2D eigenvalue weighted by atomic mass is 10.1. The standard InChI is InChI=1S/C13H10FN3O3/c14-8-5-16-2-1-10(8)17-13(18)7-3-11-12(4-9(7)15)20-6-19-11/h1-5H,6,15H2,(H,16,17,18). The molecule has 20 heavy (non-hydrogen) atoms. The molecular formula is C13H10FN3O3. The first-order valence-corrected chi connectivity index (χ1v) is 5.75. The van der Waals surface area contributed by atoms with Gasteiger partial charge < -0.3 is 20.5 Å². The number of aromatic nitrogens is 1. The van der Waals surface area contributed by atoms with Crippen LogP contribution in [0.1, 0.15) is 10.4 Å². The Morgan fingerprint density at radius 3 is 2.85 bits per heavy atom. The van der Waals surface area contributed by atoms with Crippen molar-refractivity contribution in [3.63, 3.8) is 0 Å². The van der Waals surface area contributed by atoms with Crippen molar-refractivity contribution in [3.8, 4) is 11.5 Å². The summed E-state index contributed by atoms with van der Waals surface area (Å²) in [4.78, 5) is 15.7. The van der Waals surface area contributed by atoms with E-state index in [1.807, 2.05) is 0 Å². The van der Waals surface area contributed by atoms with E-state index in [0.717, 1.165) is 6.20 Å². The van der Waals surface area contributed by atoms with Crippen LogP contribution in [0.2, 0.25) is 0 Å². The Labute approximate surface area is 113 Å². The molecule has 2 heterocycles. The number of nitrogens with zero attached hydrogens (tertiary/aromatic N) is 1. The third-order valence-electron chi connectivity index (χ3n) is 2.81. The van der Waals surface area contributed by atoms with Gasteiger partial charge in [-0.05, 0) is 12.1 Å². The van der Waals surface area contributed by atoms with Crippen molar-refractivity contribution in [2.75, 3.05) is 17.8 Å². The predicted molar refractivity (Wildman–Crippen MR) is 69.1 cm³/mol. The van der Waals surface area contributed by atoms with E-state index < -0.39 is 11.7 Å². The largest absolute Gasteiger partial charge is 0.454 e. The minimum atomic E-state index is -0.625. The Kier molecular flexibility index (Phi) is 2.86. The topological polar surface area (TPSA) is 86.5 Å². The molecular weight excluding hydrogens is 265 g/mol. The summed E-state index contributed by atoms with van der Waals surface area (Å²) in [5.41, 5.74) is 6.22. The number of nitrogens with two attached hydrogens (primary N) is 1. The molecule has 3 N–H and O–H groups in total. The molecule has 1 aliphatic rings. The van der Waals surface area contributed by atoms with Crippen LogP contribution in [0, 0.1) is 5.82 Å². The van der Waals surface area contributed by atoms with Gasteiger partial charge in [-0.25, -0.2) is 4.39 Å². The lowest BCUT2D eigenvalue weighted by Gasteiger charge is -2.09. The number of amides is 1. The molecule has 0 bridgehead atoms. The van der Waals surface area contributed by atoms with Gasteiger partial charge in [0.25, 0.3) is 5.91 Å². The van der Waals surface area contributed by atoms with Crippen LogP contribution >= 0.6 is 0 Å². The summed E-state index contributed by atoms with van der Waals surface area (Å²) < 4.78 is 23.8. The minimum Gasteiger partial charge on any atom is -0.454 e. The van der Waals surface area contributed by atoms with E-state index in [2.05, 4.69) is 10.3 Å². The summed E-state index contributed by atoms with van der Waals surface area (Å²) in [6.07, 6.45) is 2.39. The first kappa shape index (κ1) is 12.2. The molecule has 0 fully saturated rings. The Morgan fingerprint density at radius 2 is 2.10 bits per heavy atom. The molecule has 3 rings (SSSR count). The number of rotatable bonds is 2. The normalized spacial score (nSPS) is 12.2. The molecule has 6 nitrogen and oxygen atoms in total. The zero-order valence-electron chi connectivity index (χ0n) is 10.2. The van der Waals surface area contributed by atoms with Crippen molar-refractivity contribution in [2.45, 2.75) is 0 Å². The second-order valence-electron chi connectivity index (χ2n) is 4.10. The first-order valence-electron chi connectivity index (χ1n) is 5.75. The van der Waals surface area contributed by atoms with E-state index in [9.17, 15) is 9.18 Å². The van der Waals surface area contributed by atoms with Gasteiger partial charge in [0.05, 0.1) is 17.4 Å². The Morgan fingerprint density at radius 1 is 1.35 bits per heavy atom. The van der Waals surface area contributed by atoms with Gasteiger partial charge in [0.2, 0.25) is 6.79 Å². The molecule has 1 aromatic carbocycles. The van der Waals surface area contributed by atoms with Crippen LogP contribution in [0.25, 0.3) is 0 Å². The number of hydrogen-bond donors (Lipinski definition) is 2. The predicted octanol–water partition coefficient (Wildman–Crippen LogP) is 1.78. The molecule has 7 heteroatoms. The summed E-state index contributed by atoms with van der Waals surface area (Å²) in [5.74, 6) is -0.250. The van der Waals surface area contributed by atoms with Gasteiger partial charge in [-0.15, -0.1) is 0 Å². The molecule has 0 unspecified atom stereocenters. The highest BCUT2D eigenvalue weighted by Crippen LogP contribution is 2.36. The minimum absolute atomic E-state index is 0.0297. The summed E-state index contributed by atoms with van der Waals surface area (Å²) >= 11 is 0. The van der Waals surface area contributed by atoms with Gasteiger partial charge in [-0.3, -0.25) is 9.78 Å². The van der Waals surface area contributed by atoms with Crippen molar-refractivity contribution in [2.24, 2.45) is 0 Å². The van der Waals surface area contributed by atoms with Crippen LogP contribution in [0.4, 0.5) is 15.8 Å². The van der Waals surface area contributed by atoms with Crippen molar-refractivity contribution in [1.29, 1.82) is 0 Å². The number of carbonyl (C=O) groups excluding carboxylic acids is 1. The van der Waals surface area contributed by atoms with E-state index in [0.29, 0.717) is 11.5 Å². The summed E-state index contributed by atoms with van der Waals surface area (Å²) in [5, 5.41) is 2.43. The third-order valence-corrected chi connectivity index (χ3v) is 2.81. The molecule has 2 aromatic rings. The lowest BCUT2D eigenvalue weighted by Crippen LogP contribution is -2.15. The van der Waals surface area contributed by atoms with Gasteiger partial charge in [-0.2, -0.15) is 0 Å². The van der Waals surface area contributed by atoms with Crippen LogP contribution in [0.15, 0.2) is 30.6 Å². The number of hydrogen-bond acceptors (Lipinski definition) is 5. The van der Waals surface area contributed by atoms with Crippen molar-refractivity contribution in [3.05, 3.63) is 42.0 Å². The second kappa shape index (κ2) is 4.69. The quantitative estimate of drug-likeness (QED) is 0.816. The van der Waals surface area contributed by atoms with Gasteiger partial charge in [0.1, 0.15) is 0 Å². The smallest absolute Gasteiger partial charge is 0.257 e. The average molecular weight is 275 g/mol. The maximum atomic E-state index is 13.4. The zero-order chi connectivity index (χ0) is 14.1. The van der Waals surface area contributed by atoms with Crippen LogP contribution < -0.4 is 20.5 Å². The number of anilines is 2. The monoisotopic (exact) mass is 275 g/mol. The van der Waals surface area contributed by atoms with Crippen molar-refractivity contribution >= 4 is 17.3 Å². The molecule has 0 aliphatic carbocycles. The lowest BCUT2D eigenvalue weighted by molar-refractivity contribution is 0.102. The number of nitrogens with one attached hydrogen (secondary N) is 1. The highest BCUT2D eigenvalue weighted by atomic mass is 19.1. The van der Waals surface area contributed by atoms with Crippen molar-refractivity contribution in [1.82, 2.24) is 4.98 Å². The molecule has 0 saturated carbocycles. The summed E-state index contributed by atoms with van der Waals surface area (Å²) in [6.45, 7) is 0.0822. The average Bonchev–Trinajstić information content (AvgIpc) is 2.87. The van der Waals surface area contributed by atoms with Gasteiger partial charge in [0.15, 0.2) is 17.3 Å². The van der Waals surface area contributed by atoms with Gasteiger partial charge in [0, 0.05) is 18.0 Å². The summed E-state index contributed by atoms with van der Waals surface area (Å²) in [7, 11) is 0. The Bertz CT molecular complexity index is 691. The molecule has 102 valence electrons. The Hall–Kier alpha value is -2.83. The zero-order valence-corrected chi connectivity index (χ0v) is 10.2. The Balaban J connectivity index is 1.90. The molecule has 1 amide bonds. The second-order valence-corrected chi connectivity index (χ2v) is 4.10. The van der Waals surface area contributed by atoms with E-state index in [-0.39, 0.29) is 23.7 Å². The van der Waals surface area contributed by atoms with E-state index in [1.54, 1.807) is 0 Å². The van der Waals surface area contributed by atoms with Crippen LogP contribution in [-0.2, 0) is 0 Å². The highest BCUT2D eigenvalue weighted by Gasteiger charge is 2.20. The van der Waals surface area contributed by atoms with Crippen LogP contribution in [0.3, 0.4) is 0 Å². The molecule has 1 aromatic heterocycles. The van der Waals surface area contributed by atoms with Gasteiger partial charge >= 0.3 is 0 Å². The number of carbonyl (C=O) groups is 1. The fraction of sp³-hybridized carbons (Fsp3) is 0.0769. The third kappa shape index (κ3) is 2.09. The molecule has 0 radical (unpaired) electrons. The number of halogens is 1. The number of nitrogen functional groups attached to an aromatic ring is 1. The van der Waals surface area contributed by atoms with E-state index in [1.165, 1.54) is 24.4 Å². The van der Waals surface area contributed by atoms with E-state index in [4.69, 9.17) is 15.2 Å². The molecule has 0 saturated heterocycles. The molecule has 1 aliphatic heterocycles. The van der Waals surface area contributed by atoms with Crippen LogP contribution in [-0.4, -0.2) is 17.7 Å². The van der Waals surface area contributed by atoms with E-state index >= 15 is 0 Å². The number of pyridine rings is 1. The number of benzene rings is 1. The van der Waals surface area contributed by atoms with Crippen LogP contribution in [0.5, 0.6) is 11.5 Å². The SMILES string of the molecule is Nc1cc2c(cc1C(=O)Nc1ccncc1F)OCO2. The maximum Gasteiger partial charge on any atom is 0.257 e. The first-order chi connectivity index (χ1) is 9.65. The van der Waals surface area contributed by atoms with Crippen molar-refractivity contribution < 1.29 is 18.7 Å². The summed E-state index contributed by atoms with van der Waals surface area (Å²) in [6, 6.07) is 4.32. The molecule has 0 atom stereocenters. The number of fused-ring (bicyclic) bond motifs is 1. The highest BCUT2D eigenvalue weighted by molar-refractivity contribution is 6.08. The molecule has 0 spiro atoms. The van der Waals surface area contributed by atoms with Gasteiger partial charge in [-0.1, -0.05) is 0 Å².